The van der Waals surface area contributed by atoms with Crippen LogP contribution in [-0.2, 0) is 9.53 Å². The van der Waals surface area contributed by atoms with E-state index in [0.29, 0.717) is 12.3 Å². The number of aromatic nitrogens is 2. The first-order valence-electron chi connectivity index (χ1n) is 6.00. The van der Waals surface area contributed by atoms with Gasteiger partial charge in [0.2, 0.25) is 0 Å². The molecule has 6 heteroatoms. The van der Waals surface area contributed by atoms with Gasteiger partial charge in [0.1, 0.15) is 17.2 Å². The van der Waals surface area contributed by atoms with E-state index in [-0.39, 0.29) is 11.4 Å². The molecule has 0 saturated heterocycles. The molecule has 2 rings (SSSR count). The minimum atomic E-state index is -0.318. The summed E-state index contributed by atoms with van der Waals surface area (Å²) in [6, 6.07) is 7.91. The lowest BCUT2D eigenvalue weighted by molar-refractivity contribution is -0.138. The number of carbonyl (C=O) groups excluding carboxylic acids is 1. The fraction of sp³-hybridized carbons (Fsp3) is 0.286. The van der Waals surface area contributed by atoms with Crippen molar-refractivity contribution in [3.8, 4) is 11.3 Å². The molecule has 0 atom stereocenters. The van der Waals surface area contributed by atoms with Gasteiger partial charge in [0.25, 0.3) is 6.47 Å². The minimum absolute atomic E-state index is 0.273. The normalized spacial score (nSPS) is 10.4. The molecule has 0 radical (unpaired) electrons. The van der Waals surface area contributed by atoms with E-state index < -0.39 is 0 Å². The van der Waals surface area contributed by atoms with E-state index >= 15 is 0 Å². The van der Waals surface area contributed by atoms with Crippen molar-refractivity contribution in [3.05, 3.63) is 36.1 Å². The van der Waals surface area contributed by atoms with Crippen molar-refractivity contribution < 1.29 is 13.9 Å². The van der Waals surface area contributed by atoms with Crippen LogP contribution in [0.5, 0.6) is 0 Å². The molecule has 0 bridgehead atoms. The van der Waals surface area contributed by atoms with Gasteiger partial charge in [-0.2, -0.15) is 5.10 Å². The molecule has 0 spiro atoms. The number of ether oxygens (including phenoxy) is 1. The van der Waals surface area contributed by atoms with Crippen LogP contribution in [0.4, 0.5) is 10.2 Å². The number of aromatic amines is 1. The number of anilines is 1. The molecule has 0 saturated carbocycles. The first kappa shape index (κ1) is 15.7. The van der Waals surface area contributed by atoms with E-state index in [0.717, 1.165) is 11.3 Å². The molecule has 2 aromatic rings. The molecule has 0 aliphatic carbocycles. The fourth-order valence-electron chi connectivity index (χ4n) is 1.29. The van der Waals surface area contributed by atoms with Gasteiger partial charge < -0.3 is 10.5 Å². The average molecular weight is 279 g/mol. The smallest absolute Gasteiger partial charge is 0.293 e. The Morgan fingerprint density at radius 3 is 2.45 bits per heavy atom. The van der Waals surface area contributed by atoms with Crippen LogP contribution in [0.1, 0.15) is 20.8 Å². The third-order valence-corrected chi connectivity index (χ3v) is 2.13. The van der Waals surface area contributed by atoms with Gasteiger partial charge in [-0.1, -0.05) is 12.1 Å². The molecular weight excluding hydrogens is 261 g/mol. The number of nitrogens with one attached hydrogen (secondary N) is 1. The number of nitrogen functional groups attached to an aromatic ring is 1. The molecule has 0 fully saturated rings. The maximum absolute atomic E-state index is 12.8. The van der Waals surface area contributed by atoms with Crippen molar-refractivity contribution in [1.29, 1.82) is 0 Å². The maximum Gasteiger partial charge on any atom is 0.293 e. The maximum atomic E-state index is 12.8. The average Bonchev–Trinajstić information content (AvgIpc) is 2.75. The fourth-order valence-corrected chi connectivity index (χ4v) is 1.29. The van der Waals surface area contributed by atoms with Crippen LogP contribution in [0.25, 0.3) is 11.3 Å². The van der Waals surface area contributed by atoms with Gasteiger partial charge >= 0.3 is 0 Å². The van der Waals surface area contributed by atoms with Gasteiger partial charge in [-0.05, 0) is 32.9 Å². The van der Waals surface area contributed by atoms with Crippen molar-refractivity contribution in [2.45, 2.75) is 26.4 Å². The van der Waals surface area contributed by atoms with Gasteiger partial charge in [0.05, 0.1) is 5.69 Å². The summed E-state index contributed by atoms with van der Waals surface area (Å²) in [5.74, 6) is 0.130. The van der Waals surface area contributed by atoms with Crippen LogP contribution in [0.3, 0.4) is 0 Å². The lowest BCUT2D eigenvalue weighted by Crippen LogP contribution is -2.17. The summed E-state index contributed by atoms with van der Waals surface area (Å²) in [7, 11) is 0. The van der Waals surface area contributed by atoms with Gasteiger partial charge in [-0.25, -0.2) is 4.39 Å². The zero-order valence-electron chi connectivity index (χ0n) is 11.7. The van der Waals surface area contributed by atoms with E-state index in [1.165, 1.54) is 12.1 Å². The molecule has 0 unspecified atom stereocenters. The summed E-state index contributed by atoms with van der Waals surface area (Å²) in [6.45, 7) is 5.92. The molecule has 1 aromatic carbocycles. The molecule has 0 amide bonds. The van der Waals surface area contributed by atoms with Crippen molar-refractivity contribution in [1.82, 2.24) is 10.2 Å². The number of hydrogen-bond donors (Lipinski definition) is 2. The molecule has 20 heavy (non-hydrogen) atoms. The van der Waals surface area contributed by atoms with E-state index in [2.05, 4.69) is 14.9 Å². The summed E-state index contributed by atoms with van der Waals surface area (Å²) >= 11 is 0. The Bertz CT molecular complexity index is 562. The third-order valence-electron chi connectivity index (χ3n) is 2.13. The molecule has 0 aliphatic rings. The quantitative estimate of drug-likeness (QED) is 0.828. The lowest BCUT2D eigenvalue weighted by Gasteiger charge is -2.14. The van der Waals surface area contributed by atoms with Gasteiger partial charge in [0.15, 0.2) is 0 Å². The van der Waals surface area contributed by atoms with Gasteiger partial charge in [0, 0.05) is 11.6 Å². The minimum Gasteiger partial charge on any atom is -0.462 e. The number of rotatable bonds is 2. The summed E-state index contributed by atoms with van der Waals surface area (Å²) in [5, 5.41) is 6.46. The number of benzene rings is 1. The number of nitrogens with zero attached hydrogens (tertiary/aromatic N) is 1. The number of halogens is 1. The molecule has 0 aliphatic heterocycles. The molecule has 108 valence electrons. The van der Waals surface area contributed by atoms with Crippen LogP contribution in [0.2, 0.25) is 0 Å². The highest BCUT2D eigenvalue weighted by atomic mass is 19.1. The summed E-state index contributed by atoms with van der Waals surface area (Å²) < 4.78 is 17.3. The van der Waals surface area contributed by atoms with E-state index in [1.807, 2.05) is 20.8 Å². The summed E-state index contributed by atoms with van der Waals surface area (Å²) in [4.78, 5) is 9.60. The predicted molar refractivity (Wildman–Crippen MR) is 75.3 cm³/mol. The molecule has 3 N–H and O–H groups in total. The van der Waals surface area contributed by atoms with Gasteiger partial charge in [-0.3, -0.25) is 9.89 Å². The standard InChI is InChI=1S/C9H8FN3.C5H10O2/c10-7-3-1-2-6(4-7)8-5-9(11)13-12-8;1-5(2,3)7-4-6/h1-5H,(H3,11,12,13);4H,1-3H3. The summed E-state index contributed by atoms with van der Waals surface area (Å²) in [5.41, 5.74) is 6.56. The second-order valence-electron chi connectivity index (χ2n) is 5.04. The summed E-state index contributed by atoms with van der Waals surface area (Å²) in [6.07, 6.45) is 0. The van der Waals surface area contributed by atoms with Crippen LogP contribution in [-0.4, -0.2) is 22.3 Å². The number of carbonyl (C=O) groups is 1. The molecule has 1 aromatic heterocycles. The Balaban J connectivity index is 0.000000246. The first-order chi connectivity index (χ1) is 9.31. The highest BCUT2D eigenvalue weighted by Gasteiger charge is 2.07. The van der Waals surface area contributed by atoms with Crippen molar-refractivity contribution >= 4 is 12.3 Å². The highest BCUT2D eigenvalue weighted by Crippen LogP contribution is 2.18. The van der Waals surface area contributed by atoms with Gasteiger partial charge in [-0.15, -0.1) is 0 Å². The van der Waals surface area contributed by atoms with Crippen molar-refractivity contribution in [2.75, 3.05) is 5.73 Å². The Hall–Kier alpha value is -2.37. The predicted octanol–water partition coefficient (Wildman–Crippen LogP) is 2.76. The number of nitrogens with two attached hydrogens (primary N) is 1. The Morgan fingerprint density at radius 2 is 2.05 bits per heavy atom. The van der Waals surface area contributed by atoms with E-state index in [9.17, 15) is 9.18 Å². The topological polar surface area (TPSA) is 81.0 Å². The monoisotopic (exact) mass is 279 g/mol. The van der Waals surface area contributed by atoms with Crippen LogP contribution >= 0.6 is 0 Å². The molecular formula is C14H18FN3O2. The second kappa shape index (κ2) is 6.70. The Morgan fingerprint density at radius 1 is 1.35 bits per heavy atom. The largest absolute Gasteiger partial charge is 0.462 e. The van der Waals surface area contributed by atoms with Crippen molar-refractivity contribution in [2.24, 2.45) is 0 Å². The second-order valence-corrected chi connectivity index (χ2v) is 5.04. The zero-order valence-corrected chi connectivity index (χ0v) is 11.7. The Labute approximate surface area is 116 Å². The lowest BCUT2D eigenvalue weighted by atomic mass is 10.1. The zero-order chi connectivity index (χ0) is 15.2. The molecule has 5 nitrogen and oxygen atoms in total. The van der Waals surface area contributed by atoms with Crippen molar-refractivity contribution in [3.63, 3.8) is 0 Å². The molecule has 1 heterocycles. The van der Waals surface area contributed by atoms with Crippen LogP contribution in [0, 0.1) is 5.82 Å². The van der Waals surface area contributed by atoms with E-state index in [1.54, 1.807) is 18.2 Å². The van der Waals surface area contributed by atoms with Crippen LogP contribution < -0.4 is 5.73 Å². The van der Waals surface area contributed by atoms with Crippen LogP contribution in [0.15, 0.2) is 30.3 Å². The highest BCUT2D eigenvalue weighted by molar-refractivity contribution is 5.61. The SMILES string of the molecule is CC(C)(C)OC=O.Nc1cc(-c2cccc(F)c2)[nH]n1. The first-order valence-corrected chi connectivity index (χ1v) is 6.00. The third kappa shape index (κ3) is 5.51. The number of H-pyrrole nitrogens is 1. The van der Waals surface area contributed by atoms with E-state index in [4.69, 9.17) is 5.73 Å². The Kier molecular flexibility index (Phi) is 5.25. The number of hydrogen-bond acceptors (Lipinski definition) is 4.